The Kier molecular flexibility index (Phi) is 5.11. The molecule has 2 aliphatic rings. The topological polar surface area (TPSA) is 67.3 Å². The van der Waals surface area contributed by atoms with E-state index in [2.05, 4.69) is 26.3 Å². The zero-order valence-electron chi connectivity index (χ0n) is 14.9. The van der Waals surface area contributed by atoms with Gasteiger partial charge in [-0.1, -0.05) is 6.07 Å². The van der Waals surface area contributed by atoms with Crippen LogP contribution >= 0.6 is 0 Å². The van der Waals surface area contributed by atoms with E-state index in [9.17, 15) is 4.79 Å². The van der Waals surface area contributed by atoms with Gasteiger partial charge in [0.25, 0.3) is 0 Å². The van der Waals surface area contributed by atoms with Gasteiger partial charge in [-0.3, -0.25) is 9.69 Å². The summed E-state index contributed by atoms with van der Waals surface area (Å²) in [5.74, 6) is 0.915. The number of hydrogen-bond acceptors (Lipinski definition) is 5. The van der Waals surface area contributed by atoms with Gasteiger partial charge >= 0.3 is 0 Å². The molecule has 6 heteroatoms. The first-order valence-electron chi connectivity index (χ1n) is 9.33. The van der Waals surface area contributed by atoms with Gasteiger partial charge in [-0.25, -0.2) is 9.97 Å². The fourth-order valence-electron chi connectivity index (χ4n) is 3.58. The molecule has 2 aliphatic heterocycles. The molecule has 0 aliphatic carbocycles. The summed E-state index contributed by atoms with van der Waals surface area (Å²) >= 11 is 0. The minimum absolute atomic E-state index is 0.0863. The molecule has 0 unspecified atom stereocenters. The summed E-state index contributed by atoms with van der Waals surface area (Å²) in [7, 11) is 0. The van der Waals surface area contributed by atoms with E-state index >= 15 is 0 Å². The van der Waals surface area contributed by atoms with Crippen molar-refractivity contribution in [3.8, 4) is 5.75 Å². The van der Waals surface area contributed by atoms with Crippen LogP contribution in [0.1, 0.15) is 36.1 Å². The molecule has 6 nitrogen and oxygen atoms in total. The maximum atomic E-state index is 11.5. The van der Waals surface area contributed by atoms with Crippen molar-refractivity contribution in [2.24, 2.45) is 0 Å². The van der Waals surface area contributed by atoms with Gasteiger partial charge in [0, 0.05) is 55.1 Å². The normalized spacial score (nSPS) is 16.5. The van der Waals surface area contributed by atoms with Crippen LogP contribution in [0.15, 0.2) is 30.7 Å². The van der Waals surface area contributed by atoms with Gasteiger partial charge in [0.05, 0.1) is 6.61 Å². The predicted octanol–water partition coefficient (Wildman–Crippen LogP) is 2.58. The van der Waals surface area contributed by atoms with Crippen molar-refractivity contribution in [3.05, 3.63) is 47.5 Å². The van der Waals surface area contributed by atoms with Crippen LogP contribution in [0.4, 0.5) is 5.69 Å². The number of unbranched alkanes of at least 4 members (excludes halogenated alkanes) is 1. The first-order chi connectivity index (χ1) is 12.8. The van der Waals surface area contributed by atoms with Crippen LogP contribution in [0, 0.1) is 0 Å². The van der Waals surface area contributed by atoms with Crippen LogP contribution in [0.2, 0.25) is 0 Å². The van der Waals surface area contributed by atoms with Crippen molar-refractivity contribution in [3.63, 3.8) is 0 Å². The summed E-state index contributed by atoms with van der Waals surface area (Å²) in [6.07, 6.45) is 8.08. The molecule has 0 spiro atoms. The second-order valence-electron chi connectivity index (χ2n) is 6.94. The molecule has 0 atom stereocenters. The summed E-state index contributed by atoms with van der Waals surface area (Å²) in [5.41, 5.74) is 4.53. The third kappa shape index (κ3) is 4.02. The SMILES string of the molecule is O=C1CCc2ccc(OCCCCN3CCc4ncncc4C3)cc2N1. The summed E-state index contributed by atoms with van der Waals surface area (Å²) < 4.78 is 5.86. The summed E-state index contributed by atoms with van der Waals surface area (Å²) in [4.78, 5) is 22.4. The van der Waals surface area contributed by atoms with Crippen molar-refractivity contribution in [1.29, 1.82) is 0 Å². The lowest BCUT2D eigenvalue weighted by molar-refractivity contribution is -0.116. The summed E-state index contributed by atoms with van der Waals surface area (Å²) in [6, 6.07) is 5.99. The number of anilines is 1. The maximum Gasteiger partial charge on any atom is 0.224 e. The van der Waals surface area contributed by atoms with E-state index in [4.69, 9.17) is 4.74 Å². The molecule has 0 saturated heterocycles. The van der Waals surface area contributed by atoms with E-state index in [0.717, 1.165) is 56.8 Å². The zero-order chi connectivity index (χ0) is 17.8. The Balaban J connectivity index is 1.19. The van der Waals surface area contributed by atoms with Gasteiger partial charge in [0.15, 0.2) is 0 Å². The molecule has 0 saturated carbocycles. The molecule has 3 heterocycles. The molecule has 0 bridgehead atoms. The Morgan fingerprint density at radius 3 is 3.08 bits per heavy atom. The Hall–Kier alpha value is -2.47. The smallest absolute Gasteiger partial charge is 0.224 e. The quantitative estimate of drug-likeness (QED) is 0.810. The van der Waals surface area contributed by atoms with Gasteiger partial charge in [0.2, 0.25) is 5.91 Å². The summed E-state index contributed by atoms with van der Waals surface area (Å²) in [6.45, 7) is 3.77. The first-order valence-corrected chi connectivity index (χ1v) is 9.33. The van der Waals surface area contributed by atoms with E-state index in [1.54, 1.807) is 6.33 Å². The molecule has 2 aromatic rings. The fraction of sp³-hybridized carbons (Fsp3) is 0.450. The highest BCUT2D eigenvalue weighted by atomic mass is 16.5. The van der Waals surface area contributed by atoms with Gasteiger partial charge < -0.3 is 10.1 Å². The molecule has 1 aromatic carbocycles. The number of carbonyl (C=O) groups is 1. The number of hydrogen-bond donors (Lipinski definition) is 1. The molecule has 136 valence electrons. The molecule has 1 N–H and O–H groups in total. The molecule has 4 rings (SSSR count). The average molecular weight is 352 g/mol. The number of benzene rings is 1. The number of aromatic nitrogens is 2. The number of fused-ring (bicyclic) bond motifs is 2. The second-order valence-corrected chi connectivity index (χ2v) is 6.94. The van der Waals surface area contributed by atoms with Crippen molar-refractivity contribution in [2.45, 2.75) is 38.6 Å². The zero-order valence-corrected chi connectivity index (χ0v) is 14.9. The van der Waals surface area contributed by atoms with Gasteiger partial charge in [-0.15, -0.1) is 0 Å². The number of nitrogens with zero attached hydrogens (tertiary/aromatic N) is 3. The lowest BCUT2D eigenvalue weighted by Gasteiger charge is -2.27. The maximum absolute atomic E-state index is 11.5. The second kappa shape index (κ2) is 7.83. The number of aryl methyl sites for hydroxylation is 1. The number of nitrogens with one attached hydrogen (secondary N) is 1. The van der Waals surface area contributed by atoms with Crippen molar-refractivity contribution in [2.75, 3.05) is 25.0 Å². The van der Waals surface area contributed by atoms with Gasteiger partial charge in [-0.05, 0) is 37.4 Å². The van der Waals surface area contributed by atoms with Crippen molar-refractivity contribution < 1.29 is 9.53 Å². The molecule has 1 aromatic heterocycles. The van der Waals surface area contributed by atoms with Crippen LogP contribution in [0.25, 0.3) is 0 Å². The molecular weight excluding hydrogens is 328 g/mol. The minimum atomic E-state index is 0.0863. The molecular formula is C20H24N4O2. The highest BCUT2D eigenvalue weighted by Gasteiger charge is 2.17. The van der Waals surface area contributed by atoms with Crippen LogP contribution in [-0.2, 0) is 24.2 Å². The van der Waals surface area contributed by atoms with Crippen molar-refractivity contribution >= 4 is 11.6 Å². The Morgan fingerprint density at radius 2 is 2.12 bits per heavy atom. The number of rotatable bonds is 6. The standard InChI is InChI=1S/C20H24N4O2/c25-20-6-4-15-3-5-17(11-19(15)23-20)26-10-2-1-8-24-9-7-18-16(13-24)12-21-14-22-18/h3,5,11-12,14H,1-2,4,6-10,13H2,(H,23,25). The van der Waals surface area contributed by atoms with Crippen LogP contribution < -0.4 is 10.1 Å². The lowest BCUT2D eigenvalue weighted by Crippen LogP contribution is -2.32. The molecule has 0 fully saturated rings. The monoisotopic (exact) mass is 352 g/mol. The number of amides is 1. The van der Waals surface area contributed by atoms with Crippen LogP contribution in [-0.4, -0.2) is 40.5 Å². The largest absolute Gasteiger partial charge is 0.494 e. The van der Waals surface area contributed by atoms with E-state index < -0.39 is 0 Å². The molecule has 26 heavy (non-hydrogen) atoms. The highest BCUT2D eigenvalue weighted by Crippen LogP contribution is 2.27. The van der Waals surface area contributed by atoms with E-state index in [1.165, 1.54) is 16.8 Å². The number of carbonyl (C=O) groups excluding carboxylic acids is 1. The minimum Gasteiger partial charge on any atom is -0.494 e. The Bertz CT molecular complexity index is 793. The first kappa shape index (κ1) is 17.0. The molecule has 0 radical (unpaired) electrons. The van der Waals surface area contributed by atoms with Crippen molar-refractivity contribution in [1.82, 2.24) is 14.9 Å². The van der Waals surface area contributed by atoms with E-state index in [-0.39, 0.29) is 5.91 Å². The third-order valence-corrected chi connectivity index (χ3v) is 5.05. The average Bonchev–Trinajstić information content (AvgIpc) is 2.67. The molecule has 1 amide bonds. The van der Waals surface area contributed by atoms with Gasteiger partial charge in [-0.2, -0.15) is 0 Å². The summed E-state index contributed by atoms with van der Waals surface area (Å²) in [5, 5.41) is 2.92. The van der Waals surface area contributed by atoms with Gasteiger partial charge in [0.1, 0.15) is 12.1 Å². The van der Waals surface area contributed by atoms with E-state index in [0.29, 0.717) is 13.0 Å². The van der Waals surface area contributed by atoms with Crippen LogP contribution in [0.3, 0.4) is 0 Å². The Morgan fingerprint density at radius 1 is 1.15 bits per heavy atom. The van der Waals surface area contributed by atoms with Crippen LogP contribution in [0.5, 0.6) is 5.75 Å². The van der Waals surface area contributed by atoms with E-state index in [1.807, 2.05) is 18.3 Å². The lowest BCUT2D eigenvalue weighted by atomic mass is 10.0. The fourth-order valence-corrected chi connectivity index (χ4v) is 3.58. The number of ether oxygens (including phenoxy) is 1. The Labute approximate surface area is 153 Å². The third-order valence-electron chi connectivity index (χ3n) is 5.05. The highest BCUT2D eigenvalue weighted by molar-refractivity contribution is 5.94. The predicted molar refractivity (Wildman–Crippen MR) is 99.1 cm³/mol.